The van der Waals surface area contributed by atoms with E-state index in [2.05, 4.69) is 14.8 Å². The Kier molecular flexibility index (Phi) is 5.76. The number of amides is 1. The van der Waals surface area contributed by atoms with E-state index < -0.39 is 21.9 Å². The maximum atomic E-state index is 12.4. The van der Waals surface area contributed by atoms with Crippen LogP contribution in [0.4, 0.5) is 5.69 Å². The molecule has 2 aromatic carbocycles. The monoisotopic (exact) mass is 362 g/mol. The number of esters is 1. The molecule has 0 radical (unpaired) electrons. The van der Waals surface area contributed by atoms with Crippen molar-refractivity contribution in [1.82, 2.24) is 5.32 Å². The van der Waals surface area contributed by atoms with Crippen LogP contribution in [0.15, 0.2) is 53.4 Å². The summed E-state index contributed by atoms with van der Waals surface area (Å²) in [7, 11) is -2.55. The Morgan fingerprint density at radius 3 is 2.28 bits per heavy atom. The van der Waals surface area contributed by atoms with Crippen LogP contribution >= 0.6 is 0 Å². The lowest BCUT2D eigenvalue weighted by Crippen LogP contribution is -2.30. The molecule has 0 spiro atoms. The first kappa shape index (κ1) is 18.5. The van der Waals surface area contributed by atoms with Crippen LogP contribution in [0.5, 0.6) is 0 Å². The van der Waals surface area contributed by atoms with Gasteiger partial charge in [-0.2, -0.15) is 0 Å². The molecule has 0 aliphatic heterocycles. The first-order valence-electron chi connectivity index (χ1n) is 7.37. The molecule has 2 rings (SSSR count). The number of methoxy groups -OCH3 is 1. The standard InChI is InChI=1S/C17H18N2O5S/c1-12-5-3-4-6-15(12)19-25(22,23)14-9-7-13(8-10-14)17(21)18-11-16(20)24-2/h3-10,19H,11H2,1-2H3,(H,18,21). The minimum Gasteiger partial charge on any atom is -0.468 e. The SMILES string of the molecule is COC(=O)CNC(=O)c1ccc(S(=O)(=O)Nc2ccccc2C)cc1. The topological polar surface area (TPSA) is 102 Å². The Morgan fingerprint density at radius 1 is 1.04 bits per heavy atom. The van der Waals surface area contributed by atoms with Gasteiger partial charge < -0.3 is 10.1 Å². The van der Waals surface area contributed by atoms with Gasteiger partial charge in [-0.1, -0.05) is 18.2 Å². The molecule has 0 unspecified atom stereocenters. The smallest absolute Gasteiger partial charge is 0.325 e. The molecule has 132 valence electrons. The van der Waals surface area contributed by atoms with E-state index in [1.54, 1.807) is 25.1 Å². The molecule has 0 bridgehead atoms. The summed E-state index contributed by atoms with van der Waals surface area (Å²) in [4.78, 5) is 22.9. The molecular weight excluding hydrogens is 344 g/mol. The fourth-order valence-electron chi connectivity index (χ4n) is 2.00. The molecule has 0 fully saturated rings. The number of para-hydroxylation sites is 1. The number of rotatable bonds is 6. The summed E-state index contributed by atoms with van der Waals surface area (Å²) in [5.41, 5.74) is 1.52. The summed E-state index contributed by atoms with van der Waals surface area (Å²) in [5.74, 6) is -1.07. The number of sulfonamides is 1. The van der Waals surface area contributed by atoms with Gasteiger partial charge in [-0.25, -0.2) is 8.42 Å². The highest BCUT2D eigenvalue weighted by atomic mass is 32.2. The van der Waals surface area contributed by atoms with Crippen LogP contribution in [-0.2, 0) is 19.6 Å². The first-order valence-corrected chi connectivity index (χ1v) is 8.85. The van der Waals surface area contributed by atoms with Crippen LogP contribution in [0.2, 0.25) is 0 Å². The summed E-state index contributed by atoms with van der Waals surface area (Å²) in [6, 6.07) is 12.4. The van der Waals surface area contributed by atoms with Gasteiger partial charge in [0.25, 0.3) is 15.9 Å². The number of anilines is 1. The molecular formula is C17H18N2O5S. The minimum atomic E-state index is -3.76. The Morgan fingerprint density at radius 2 is 1.68 bits per heavy atom. The number of aryl methyl sites for hydroxylation is 1. The summed E-state index contributed by atoms with van der Waals surface area (Å²) < 4.78 is 31.8. The zero-order chi connectivity index (χ0) is 18.4. The predicted molar refractivity (Wildman–Crippen MR) is 92.8 cm³/mol. The molecule has 2 N–H and O–H groups in total. The van der Waals surface area contributed by atoms with Crippen molar-refractivity contribution in [2.75, 3.05) is 18.4 Å². The summed E-state index contributed by atoms with van der Waals surface area (Å²) in [6.45, 7) is 1.54. The molecule has 0 atom stereocenters. The van der Waals surface area contributed by atoms with Gasteiger partial charge in [0, 0.05) is 5.56 Å². The fraction of sp³-hybridized carbons (Fsp3) is 0.176. The molecule has 0 aliphatic carbocycles. The van der Waals surface area contributed by atoms with E-state index in [1.807, 2.05) is 6.07 Å². The zero-order valence-electron chi connectivity index (χ0n) is 13.8. The maximum absolute atomic E-state index is 12.4. The zero-order valence-corrected chi connectivity index (χ0v) is 14.6. The first-order chi connectivity index (χ1) is 11.8. The molecule has 8 heteroatoms. The Balaban J connectivity index is 2.12. The third-order valence-electron chi connectivity index (χ3n) is 3.44. The fourth-order valence-corrected chi connectivity index (χ4v) is 3.13. The van der Waals surface area contributed by atoms with Crippen LogP contribution in [0.1, 0.15) is 15.9 Å². The molecule has 1 amide bonds. The van der Waals surface area contributed by atoms with Crippen LogP contribution in [0.25, 0.3) is 0 Å². The molecule has 25 heavy (non-hydrogen) atoms. The molecule has 0 aliphatic rings. The van der Waals surface area contributed by atoms with Crippen molar-refractivity contribution in [2.45, 2.75) is 11.8 Å². The lowest BCUT2D eigenvalue weighted by Gasteiger charge is -2.11. The lowest BCUT2D eigenvalue weighted by molar-refractivity contribution is -0.139. The van der Waals surface area contributed by atoms with Crippen molar-refractivity contribution < 1.29 is 22.7 Å². The van der Waals surface area contributed by atoms with Gasteiger partial charge >= 0.3 is 5.97 Å². The van der Waals surface area contributed by atoms with Crippen molar-refractivity contribution in [3.05, 3.63) is 59.7 Å². The number of carbonyl (C=O) groups is 2. The van der Waals surface area contributed by atoms with Crippen LogP contribution in [0.3, 0.4) is 0 Å². The Bertz CT molecular complexity index is 876. The van der Waals surface area contributed by atoms with Crippen molar-refractivity contribution in [1.29, 1.82) is 0 Å². The number of nitrogens with one attached hydrogen (secondary N) is 2. The van der Waals surface area contributed by atoms with Gasteiger partial charge in [-0.15, -0.1) is 0 Å². The minimum absolute atomic E-state index is 0.0280. The van der Waals surface area contributed by atoms with Crippen LogP contribution < -0.4 is 10.0 Å². The second-order valence-electron chi connectivity index (χ2n) is 5.20. The molecule has 0 saturated heterocycles. The van der Waals surface area contributed by atoms with E-state index in [0.29, 0.717) is 5.69 Å². The Hall–Kier alpha value is -2.87. The van der Waals surface area contributed by atoms with Gasteiger partial charge in [0.05, 0.1) is 17.7 Å². The highest BCUT2D eigenvalue weighted by molar-refractivity contribution is 7.92. The van der Waals surface area contributed by atoms with Gasteiger partial charge in [-0.05, 0) is 42.8 Å². The third kappa shape index (κ3) is 4.80. The number of ether oxygens (including phenoxy) is 1. The Labute approximate surface area is 146 Å². The van der Waals surface area contributed by atoms with E-state index in [9.17, 15) is 18.0 Å². The van der Waals surface area contributed by atoms with Gasteiger partial charge in [0.1, 0.15) is 6.54 Å². The van der Waals surface area contributed by atoms with Gasteiger partial charge in [0.2, 0.25) is 0 Å². The second-order valence-corrected chi connectivity index (χ2v) is 6.89. The van der Waals surface area contributed by atoms with Crippen molar-refractivity contribution in [2.24, 2.45) is 0 Å². The van der Waals surface area contributed by atoms with Crippen molar-refractivity contribution >= 4 is 27.6 Å². The lowest BCUT2D eigenvalue weighted by atomic mass is 10.2. The normalized spacial score (nSPS) is 10.8. The molecule has 0 saturated carbocycles. The number of carbonyl (C=O) groups excluding carboxylic acids is 2. The molecule has 2 aromatic rings. The van der Waals surface area contributed by atoms with Crippen molar-refractivity contribution in [3.8, 4) is 0 Å². The number of hydrogen-bond donors (Lipinski definition) is 2. The third-order valence-corrected chi connectivity index (χ3v) is 4.82. The van der Waals surface area contributed by atoms with Crippen LogP contribution in [-0.4, -0.2) is 33.9 Å². The van der Waals surface area contributed by atoms with Gasteiger partial charge in [-0.3, -0.25) is 14.3 Å². The predicted octanol–water partition coefficient (Wildman–Crippen LogP) is 1.70. The average molecular weight is 362 g/mol. The maximum Gasteiger partial charge on any atom is 0.325 e. The highest BCUT2D eigenvalue weighted by Crippen LogP contribution is 2.19. The van der Waals surface area contributed by atoms with Crippen LogP contribution in [0, 0.1) is 6.92 Å². The molecule has 7 nitrogen and oxygen atoms in total. The van der Waals surface area contributed by atoms with E-state index >= 15 is 0 Å². The highest BCUT2D eigenvalue weighted by Gasteiger charge is 2.16. The number of hydrogen-bond acceptors (Lipinski definition) is 5. The van der Waals surface area contributed by atoms with E-state index in [0.717, 1.165) is 5.56 Å². The van der Waals surface area contributed by atoms with E-state index in [1.165, 1.54) is 31.4 Å². The summed E-state index contributed by atoms with van der Waals surface area (Å²) in [6.07, 6.45) is 0. The molecule has 0 heterocycles. The summed E-state index contributed by atoms with van der Waals surface area (Å²) >= 11 is 0. The quantitative estimate of drug-likeness (QED) is 0.762. The van der Waals surface area contributed by atoms with Crippen molar-refractivity contribution in [3.63, 3.8) is 0 Å². The van der Waals surface area contributed by atoms with Gasteiger partial charge in [0.15, 0.2) is 0 Å². The van der Waals surface area contributed by atoms with E-state index in [4.69, 9.17) is 0 Å². The average Bonchev–Trinajstić information content (AvgIpc) is 2.61. The van der Waals surface area contributed by atoms with E-state index in [-0.39, 0.29) is 17.0 Å². The second kappa shape index (κ2) is 7.80. The number of benzene rings is 2. The molecule has 0 aromatic heterocycles. The summed E-state index contributed by atoms with van der Waals surface area (Å²) in [5, 5.41) is 2.38. The largest absolute Gasteiger partial charge is 0.468 e.